The Hall–Kier alpha value is -7.22. The predicted octanol–water partition coefficient (Wildman–Crippen LogP) is 15.9. The van der Waals surface area contributed by atoms with Crippen molar-refractivity contribution in [3.63, 3.8) is 0 Å². The van der Waals surface area contributed by atoms with E-state index >= 15 is 0 Å². The third kappa shape index (κ3) is 5.46. The minimum atomic E-state index is -0.278. The number of nitrogens with zero attached hydrogens (tertiary/aromatic N) is 1. The molecule has 0 radical (unpaired) electrons. The molecule has 0 unspecified atom stereocenters. The summed E-state index contributed by atoms with van der Waals surface area (Å²) >= 11 is 0. The molecule has 10 aromatic carbocycles. The lowest BCUT2D eigenvalue weighted by Crippen LogP contribution is -2.21. The lowest BCUT2D eigenvalue weighted by molar-refractivity contribution is 0.661. The predicted molar refractivity (Wildman–Crippen MR) is 248 cm³/mol. The molecule has 58 heavy (non-hydrogen) atoms. The smallest absolute Gasteiger partial charge is 0.0546 e. The highest BCUT2D eigenvalue weighted by atomic mass is 15.1. The molecule has 0 amide bonds. The van der Waals surface area contributed by atoms with Crippen LogP contribution in [0.3, 0.4) is 0 Å². The van der Waals surface area contributed by atoms with Gasteiger partial charge in [0.15, 0.2) is 0 Å². The molecule has 11 rings (SSSR count). The summed E-state index contributed by atoms with van der Waals surface area (Å²) in [5.41, 5.74) is 15.6. The molecule has 1 aliphatic carbocycles. The van der Waals surface area contributed by atoms with Crippen molar-refractivity contribution in [3.05, 3.63) is 223 Å². The number of fused-ring (bicyclic) bond motifs is 6. The number of benzene rings is 10. The Morgan fingerprint density at radius 3 is 1.57 bits per heavy atom. The maximum Gasteiger partial charge on any atom is 0.0546 e. The minimum Gasteiger partial charge on any atom is -0.309 e. The van der Waals surface area contributed by atoms with Crippen molar-refractivity contribution in [2.75, 3.05) is 4.90 Å². The monoisotopic (exact) mass is 739 g/mol. The number of hydrogen-bond donors (Lipinski definition) is 0. The van der Waals surface area contributed by atoms with Gasteiger partial charge in [0.1, 0.15) is 0 Å². The van der Waals surface area contributed by atoms with Crippen LogP contribution in [-0.2, 0) is 5.41 Å². The quantitative estimate of drug-likeness (QED) is 0.164. The summed E-state index contributed by atoms with van der Waals surface area (Å²) in [6.45, 7) is 4.83. The normalized spacial score (nSPS) is 12.8. The summed E-state index contributed by atoms with van der Waals surface area (Å²) in [5.74, 6) is 0. The summed E-state index contributed by atoms with van der Waals surface area (Å²) in [6, 6.07) is 78.4. The summed E-state index contributed by atoms with van der Waals surface area (Å²) in [7, 11) is 0. The lowest BCUT2D eigenvalue weighted by Gasteiger charge is -2.34. The van der Waals surface area contributed by atoms with Gasteiger partial charge in [0.05, 0.1) is 11.4 Å². The van der Waals surface area contributed by atoms with Crippen LogP contribution in [0.4, 0.5) is 17.1 Å². The maximum atomic E-state index is 2.58. The Morgan fingerprint density at radius 1 is 0.345 bits per heavy atom. The topological polar surface area (TPSA) is 3.24 Å². The van der Waals surface area contributed by atoms with Crippen molar-refractivity contribution < 1.29 is 0 Å². The fourth-order valence-corrected chi connectivity index (χ4v) is 9.64. The summed E-state index contributed by atoms with van der Waals surface area (Å²) in [5, 5.41) is 7.45. The first-order valence-corrected chi connectivity index (χ1v) is 20.3. The van der Waals surface area contributed by atoms with Gasteiger partial charge in [-0.3, -0.25) is 0 Å². The van der Waals surface area contributed by atoms with Crippen LogP contribution in [-0.4, -0.2) is 0 Å². The highest BCUT2D eigenvalue weighted by molar-refractivity contribution is 6.12. The van der Waals surface area contributed by atoms with Crippen LogP contribution in [0, 0.1) is 0 Å². The third-order valence-corrected chi connectivity index (χ3v) is 12.4. The molecule has 0 saturated carbocycles. The van der Waals surface area contributed by atoms with Crippen molar-refractivity contribution in [3.8, 4) is 44.5 Å². The molecule has 0 saturated heterocycles. The molecule has 0 fully saturated rings. The molecule has 1 aliphatic rings. The zero-order chi connectivity index (χ0) is 38.8. The second kappa shape index (κ2) is 13.5. The van der Waals surface area contributed by atoms with Crippen molar-refractivity contribution in [1.82, 2.24) is 0 Å². The zero-order valence-corrected chi connectivity index (χ0v) is 32.7. The van der Waals surface area contributed by atoms with Gasteiger partial charge in [-0.25, -0.2) is 0 Å². The molecule has 0 heterocycles. The summed E-state index contributed by atoms with van der Waals surface area (Å²) in [4.78, 5) is 2.58. The van der Waals surface area contributed by atoms with E-state index in [9.17, 15) is 0 Å². The van der Waals surface area contributed by atoms with Crippen molar-refractivity contribution in [1.29, 1.82) is 0 Å². The third-order valence-electron chi connectivity index (χ3n) is 12.4. The van der Waals surface area contributed by atoms with Crippen LogP contribution in [0.25, 0.3) is 76.8 Å². The van der Waals surface area contributed by atoms with Gasteiger partial charge in [0.2, 0.25) is 0 Å². The van der Waals surface area contributed by atoms with Crippen LogP contribution in [0.15, 0.2) is 212 Å². The van der Waals surface area contributed by atoms with Gasteiger partial charge in [0, 0.05) is 16.7 Å². The molecule has 1 nitrogen and oxygen atoms in total. The van der Waals surface area contributed by atoms with E-state index in [4.69, 9.17) is 0 Å². The zero-order valence-electron chi connectivity index (χ0n) is 32.7. The Bertz CT molecular complexity index is 3130. The molecule has 0 spiro atoms. The molecule has 0 bridgehead atoms. The SMILES string of the molecule is CC1(C)c2cc3ccccc3cc2-c2cccc(N(c3cc(-c4ccccc4)cc(-c4ccccc4)c3)c3ccc4ccccc4c3-c3cccc4ccccc34)c21. The number of anilines is 3. The van der Waals surface area contributed by atoms with Gasteiger partial charge >= 0.3 is 0 Å². The molecule has 1 heteroatoms. The molecular weight excluding hydrogens is 699 g/mol. The van der Waals surface area contributed by atoms with Crippen molar-refractivity contribution in [2.24, 2.45) is 0 Å². The standard InChI is InChI=1S/C57H41N/c1-57(2)52-37-43-24-10-9-23-42(43)36-51(52)50-29-16-30-54(56(50)57)58(46-34-44(38-17-5-3-6-18-38)33-45(35-46)39-19-7-4-8-20-39)53-32-31-41-22-12-14-27-48(41)55(53)49-28-15-25-40-21-11-13-26-47(40)49/h3-37H,1-2H3. The first kappa shape index (κ1) is 34.1. The van der Waals surface area contributed by atoms with E-state index in [-0.39, 0.29) is 5.41 Å². The van der Waals surface area contributed by atoms with Crippen LogP contribution < -0.4 is 4.90 Å². The highest BCUT2D eigenvalue weighted by Gasteiger charge is 2.39. The highest BCUT2D eigenvalue weighted by Crippen LogP contribution is 2.57. The van der Waals surface area contributed by atoms with E-state index in [0.717, 1.165) is 11.4 Å². The van der Waals surface area contributed by atoms with E-state index in [1.807, 2.05) is 0 Å². The van der Waals surface area contributed by atoms with Crippen LogP contribution in [0.1, 0.15) is 25.0 Å². The second-order valence-electron chi connectivity index (χ2n) is 16.1. The van der Waals surface area contributed by atoms with Crippen LogP contribution >= 0.6 is 0 Å². The average molecular weight is 740 g/mol. The van der Waals surface area contributed by atoms with Gasteiger partial charge in [0.25, 0.3) is 0 Å². The van der Waals surface area contributed by atoms with Crippen molar-refractivity contribution >= 4 is 49.4 Å². The lowest BCUT2D eigenvalue weighted by atomic mass is 9.80. The molecule has 0 atom stereocenters. The Balaban J connectivity index is 1.27. The van der Waals surface area contributed by atoms with Gasteiger partial charge in [-0.1, -0.05) is 184 Å². The van der Waals surface area contributed by atoms with Gasteiger partial charge < -0.3 is 4.90 Å². The number of hydrogen-bond acceptors (Lipinski definition) is 1. The Morgan fingerprint density at radius 2 is 0.879 bits per heavy atom. The van der Waals surface area contributed by atoms with Gasteiger partial charge in [-0.15, -0.1) is 0 Å². The average Bonchev–Trinajstić information content (AvgIpc) is 3.51. The van der Waals surface area contributed by atoms with E-state index in [0.29, 0.717) is 0 Å². The van der Waals surface area contributed by atoms with E-state index in [2.05, 4.69) is 231 Å². The van der Waals surface area contributed by atoms with E-state index < -0.39 is 0 Å². The Kier molecular flexibility index (Phi) is 7.91. The molecule has 0 N–H and O–H groups in total. The molecular formula is C57H41N. The van der Waals surface area contributed by atoms with E-state index in [1.54, 1.807) is 0 Å². The fraction of sp³-hybridized carbons (Fsp3) is 0.0526. The fourth-order valence-electron chi connectivity index (χ4n) is 9.64. The van der Waals surface area contributed by atoms with Gasteiger partial charge in [-0.2, -0.15) is 0 Å². The summed E-state index contributed by atoms with van der Waals surface area (Å²) < 4.78 is 0. The summed E-state index contributed by atoms with van der Waals surface area (Å²) in [6.07, 6.45) is 0. The maximum absolute atomic E-state index is 2.58. The molecule has 0 aliphatic heterocycles. The van der Waals surface area contributed by atoms with E-state index in [1.165, 1.54) is 93.6 Å². The molecule has 274 valence electrons. The Labute approximate surface area is 340 Å². The van der Waals surface area contributed by atoms with Crippen LogP contribution in [0.5, 0.6) is 0 Å². The first-order valence-electron chi connectivity index (χ1n) is 20.3. The minimum absolute atomic E-state index is 0.278. The number of rotatable bonds is 6. The molecule has 10 aromatic rings. The molecule has 0 aromatic heterocycles. The van der Waals surface area contributed by atoms with Crippen molar-refractivity contribution in [2.45, 2.75) is 19.3 Å². The first-order chi connectivity index (χ1) is 28.5. The second-order valence-corrected chi connectivity index (χ2v) is 16.1. The van der Waals surface area contributed by atoms with Crippen LogP contribution in [0.2, 0.25) is 0 Å². The largest absolute Gasteiger partial charge is 0.309 e. The van der Waals surface area contributed by atoms with Gasteiger partial charge in [-0.05, 0) is 125 Å².